The summed E-state index contributed by atoms with van der Waals surface area (Å²) >= 11 is 0. The molecule has 0 fully saturated rings. The third kappa shape index (κ3) is 8.56. The molecule has 9 nitrogen and oxygen atoms in total. The number of hydrogen-bond acceptors (Lipinski definition) is 5. The van der Waals surface area contributed by atoms with E-state index in [1.165, 1.54) is 4.90 Å². The minimum absolute atomic E-state index is 0.425. The smallest absolute Gasteiger partial charge is 0.408 e. The number of amides is 4. The lowest BCUT2D eigenvalue weighted by Crippen LogP contribution is -2.59. The Morgan fingerprint density at radius 2 is 1.48 bits per heavy atom. The number of ether oxygens (including phenoxy) is 1. The molecule has 0 saturated carbocycles. The molecule has 0 bridgehead atoms. The van der Waals surface area contributed by atoms with Crippen molar-refractivity contribution in [3.63, 3.8) is 0 Å². The first-order valence-corrected chi connectivity index (χ1v) is 13.5. The Bertz CT molecular complexity index is 1210. The van der Waals surface area contributed by atoms with Gasteiger partial charge in [0.25, 0.3) is 5.91 Å². The maximum Gasteiger partial charge on any atom is 0.408 e. The Kier molecular flexibility index (Phi) is 10.5. The molecule has 0 aromatic heterocycles. The molecule has 2 atom stereocenters. The van der Waals surface area contributed by atoms with Crippen LogP contribution in [0.15, 0.2) is 42.5 Å². The highest BCUT2D eigenvalue weighted by Gasteiger charge is 2.43. The number of para-hydroxylation sites is 1. The van der Waals surface area contributed by atoms with Crippen LogP contribution >= 0.6 is 0 Å². The number of nitrogens with zero attached hydrogens (tertiary/aromatic N) is 1. The van der Waals surface area contributed by atoms with Crippen molar-refractivity contribution >= 4 is 29.5 Å². The third-order valence-corrected chi connectivity index (χ3v) is 6.78. The summed E-state index contributed by atoms with van der Waals surface area (Å²) in [4.78, 5) is 54.7. The second-order valence-electron chi connectivity index (χ2n) is 11.8. The second-order valence-corrected chi connectivity index (χ2v) is 11.8. The van der Waals surface area contributed by atoms with E-state index >= 15 is 0 Å². The lowest BCUT2D eigenvalue weighted by Gasteiger charge is -2.44. The number of rotatable bonds is 10. The molecule has 40 heavy (non-hydrogen) atoms. The van der Waals surface area contributed by atoms with Crippen molar-refractivity contribution in [1.82, 2.24) is 10.2 Å². The number of aryl methyl sites for hydroxylation is 3. The quantitative estimate of drug-likeness (QED) is 0.378. The number of nitrogens with two attached hydrogens (primary N) is 1. The molecule has 2 aromatic carbocycles. The Morgan fingerprint density at radius 1 is 0.925 bits per heavy atom. The van der Waals surface area contributed by atoms with Crippen LogP contribution in [0.25, 0.3) is 0 Å². The van der Waals surface area contributed by atoms with Crippen molar-refractivity contribution in [3.8, 4) is 0 Å². The van der Waals surface area contributed by atoms with Crippen molar-refractivity contribution < 1.29 is 23.9 Å². The first-order chi connectivity index (χ1) is 18.5. The predicted molar refractivity (Wildman–Crippen MR) is 157 cm³/mol. The largest absolute Gasteiger partial charge is 0.444 e. The van der Waals surface area contributed by atoms with E-state index in [9.17, 15) is 19.2 Å². The molecular weight excluding hydrogens is 508 g/mol. The van der Waals surface area contributed by atoms with Crippen LogP contribution in [-0.2, 0) is 19.1 Å². The van der Waals surface area contributed by atoms with Crippen molar-refractivity contribution in [2.75, 3.05) is 5.32 Å². The Balaban J connectivity index is 2.68. The van der Waals surface area contributed by atoms with E-state index in [4.69, 9.17) is 10.5 Å². The standard InChI is InChI=1S/C31H44N4O5/c1-10-31(8,9)35(28(38)23(18-24(32)36)33-29(39)40-30(5,6)7)26(22-16-14-19(2)15-17-22)27(37)34-25-20(3)12-11-13-21(25)4/h11-17,23,26H,10,18H2,1-9H3,(H2,32,36)(H,33,39)(H,34,37). The fourth-order valence-electron chi connectivity index (χ4n) is 4.33. The maximum atomic E-state index is 14.3. The summed E-state index contributed by atoms with van der Waals surface area (Å²) in [6, 6.07) is 10.6. The normalized spacial score (nSPS) is 13.1. The van der Waals surface area contributed by atoms with E-state index in [0.717, 1.165) is 16.7 Å². The minimum Gasteiger partial charge on any atom is -0.444 e. The molecule has 2 aromatic rings. The van der Waals surface area contributed by atoms with Gasteiger partial charge in [-0.25, -0.2) is 4.79 Å². The Hall–Kier alpha value is -3.88. The van der Waals surface area contributed by atoms with Gasteiger partial charge in [-0.15, -0.1) is 0 Å². The number of nitrogens with one attached hydrogen (secondary N) is 2. The van der Waals surface area contributed by atoms with Gasteiger partial charge >= 0.3 is 6.09 Å². The highest BCUT2D eigenvalue weighted by molar-refractivity contribution is 6.00. The van der Waals surface area contributed by atoms with Crippen LogP contribution < -0.4 is 16.4 Å². The zero-order chi connectivity index (χ0) is 30.4. The van der Waals surface area contributed by atoms with Gasteiger partial charge in [-0.1, -0.05) is 55.0 Å². The monoisotopic (exact) mass is 552 g/mol. The van der Waals surface area contributed by atoms with E-state index in [1.807, 2.05) is 71.9 Å². The summed E-state index contributed by atoms with van der Waals surface area (Å²) < 4.78 is 5.35. The van der Waals surface area contributed by atoms with Crippen LogP contribution in [0, 0.1) is 20.8 Å². The van der Waals surface area contributed by atoms with Gasteiger partial charge in [0, 0.05) is 11.2 Å². The van der Waals surface area contributed by atoms with Gasteiger partial charge in [0.05, 0.1) is 6.42 Å². The van der Waals surface area contributed by atoms with Crippen LogP contribution in [0.5, 0.6) is 0 Å². The first kappa shape index (κ1) is 32.3. The molecule has 0 spiro atoms. The number of primary amides is 1. The van der Waals surface area contributed by atoms with Gasteiger partial charge < -0.3 is 26.0 Å². The first-order valence-electron chi connectivity index (χ1n) is 13.5. The van der Waals surface area contributed by atoms with Crippen LogP contribution in [0.3, 0.4) is 0 Å². The lowest BCUT2D eigenvalue weighted by molar-refractivity contribution is -0.148. The van der Waals surface area contributed by atoms with E-state index in [1.54, 1.807) is 32.9 Å². The van der Waals surface area contributed by atoms with E-state index < -0.39 is 53.5 Å². The zero-order valence-electron chi connectivity index (χ0n) is 25.2. The molecule has 218 valence electrons. The van der Waals surface area contributed by atoms with Crippen molar-refractivity contribution in [2.45, 2.75) is 98.4 Å². The topological polar surface area (TPSA) is 131 Å². The van der Waals surface area contributed by atoms with Crippen molar-refractivity contribution in [1.29, 1.82) is 0 Å². The SMILES string of the molecule is CCC(C)(C)N(C(=O)C(CC(N)=O)NC(=O)OC(C)(C)C)C(C(=O)Nc1c(C)cccc1C)c1ccc(C)cc1. The fourth-order valence-corrected chi connectivity index (χ4v) is 4.33. The Morgan fingerprint density at radius 3 is 1.95 bits per heavy atom. The Labute approximate surface area is 237 Å². The van der Waals surface area contributed by atoms with E-state index in [0.29, 0.717) is 17.7 Å². The third-order valence-electron chi connectivity index (χ3n) is 6.78. The number of anilines is 1. The number of benzene rings is 2. The highest BCUT2D eigenvalue weighted by Crippen LogP contribution is 2.34. The van der Waals surface area contributed by atoms with Crippen LogP contribution in [0.1, 0.15) is 82.7 Å². The van der Waals surface area contributed by atoms with Crippen LogP contribution in [0.2, 0.25) is 0 Å². The van der Waals surface area contributed by atoms with Gasteiger partial charge in [0.15, 0.2) is 0 Å². The van der Waals surface area contributed by atoms with Crippen LogP contribution in [0.4, 0.5) is 10.5 Å². The van der Waals surface area contributed by atoms with Gasteiger partial charge in [-0.3, -0.25) is 14.4 Å². The summed E-state index contributed by atoms with van der Waals surface area (Å²) in [5.74, 6) is -1.83. The van der Waals surface area contributed by atoms with Crippen LogP contribution in [-0.4, -0.2) is 45.9 Å². The number of carbonyl (C=O) groups is 4. The van der Waals surface area contributed by atoms with Gasteiger partial charge in [-0.05, 0) is 78.5 Å². The molecular formula is C31H44N4O5. The van der Waals surface area contributed by atoms with E-state index in [2.05, 4.69) is 10.6 Å². The molecule has 0 radical (unpaired) electrons. The average molecular weight is 553 g/mol. The molecule has 4 amide bonds. The van der Waals surface area contributed by atoms with Gasteiger partial charge in [0.2, 0.25) is 11.8 Å². The number of carbonyl (C=O) groups excluding carboxylic acids is 4. The molecule has 9 heteroatoms. The molecule has 0 heterocycles. The second kappa shape index (κ2) is 13.0. The van der Waals surface area contributed by atoms with Crippen molar-refractivity contribution in [2.24, 2.45) is 5.73 Å². The molecule has 0 aliphatic rings. The molecule has 0 aliphatic heterocycles. The van der Waals surface area contributed by atoms with Gasteiger partial charge in [-0.2, -0.15) is 0 Å². The average Bonchev–Trinajstić information content (AvgIpc) is 2.83. The molecule has 2 unspecified atom stereocenters. The molecule has 4 N–H and O–H groups in total. The molecule has 0 saturated heterocycles. The zero-order valence-corrected chi connectivity index (χ0v) is 25.2. The van der Waals surface area contributed by atoms with E-state index in [-0.39, 0.29) is 0 Å². The maximum absolute atomic E-state index is 14.3. The highest BCUT2D eigenvalue weighted by atomic mass is 16.6. The summed E-state index contributed by atoms with van der Waals surface area (Å²) in [6.45, 7) is 16.4. The number of hydrogen-bond donors (Lipinski definition) is 3. The predicted octanol–water partition coefficient (Wildman–Crippen LogP) is 5.08. The summed E-state index contributed by atoms with van der Waals surface area (Å²) in [5, 5.41) is 5.56. The van der Waals surface area contributed by atoms with Crippen molar-refractivity contribution in [3.05, 3.63) is 64.7 Å². The summed E-state index contributed by atoms with van der Waals surface area (Å²) in [7, 11) is 0. The summed E-state index contributed by atoms with van der Waals surface area (Å²) in [6.07, 6.45) is -0.852. The molecule has 0 aliphatic carbocycles. The summed E-state index contributed by atoms with van der Waals surface area (Å²) in [5.41, 5.74) is 7.78. The lowest BCUT2D eigenvalue weighted by atomic mass is 9.91. The molecule has 2 rings (SSSR count). The van der Waals surface area contributed by atoms with Gasteiger partial charge in [0.1, 0.15) is 17.7 Å². The minimum atomic E-state index is -1.35. The number of alkyl carbamates (subject to hydrolysis) is 1. The fraction of sp³-hybridized carbons (Fsp3) is 0.484.